The molecule has 0 fully saturated rings. The van der Waals surface area contributed by atoms with Crippen LogP contribution in [0.2, 0.25) is 0 Å². The molecule has 0 atom stereocenters. The number of fused-ring (bicyclic) bond motifs is 1. The summed E-state index contributed by atoms with van der Waals surface area (Å²) in [5.41, 5.74) is 2.50. The van der Waals surface area contributed by atoms with Crippen LogP contribution in [-0.4, -0.2) is 38.1 Å². The first-order valence-corrected chi connectivity index (χ1v) is 8.27. The number of aromatic hydroxyl groups is 1. The Morgan fingerprint density at radius 3 is 2.85 bits per heavy atom. The molecular weight excluding hydrogens is 346 g/mol. The minimum atomic E-state index is -0.342. The summed E-state index contributed by atoms with van der Waals surface area (Å²) < 4.78 is 6.95. The van der Waals surface area contributed by atoms with E-state index >= 15 is 0 Å². The number of ether oxygens (including phenoxy) is 1. The average molecular weight is 363 g/mol. The van der Waals surface area contributed by atoms with Gasteiger partial charge < -0.3 is 15.2 Å². The number of H-pyrrole nitrogens is 1. The number of anilines is 1. The number of para-hydroxylation sites is 1. The van der Waals surface area contributed by atoms with E-state index in [-0.39, 0.29) is 18.3 Å². The number of nitrogens with zero attached hydrogens (tertiary/aromatic N) is 3. The summed E-state index contributed by atoms with van der Waals surface area (Å²) in [5.74, 6) is 0.159. The standard InChI is InChI=1S/C19H17N5O3/c1-27-11-17-15(10-20-24(17)12-5-3-2-4-6-12)19(26)21-18-14-8-7-13(25)9-16(14)22-23-18/h2-10,25H,11H2,1H3,(H2,21,22,23,26). The largest absolute Gasteiger partial charge is 0.508 e. The fraction of sp³-hybridized carbons (Fsp3) is 0.105. The summed E-state index contributed by atoms with van der Waals surface area (Å²) in [6.07, 6.45) is 1.51. The molecule has 0 aliphatic carbocycles. The van der Waals surface area contributed by atoms with E-state index in [2.05, 4.69) is 20.6 Å². The Bertz CT molecular complexity index is 1100. The number of aromatic amines is 1. The first kappa shape index (κ1) is 16.8. The van der Waals surface area contributed by atoms with Crippen molar-refractivity contribution < 1.29 is 14.6 Å². The van der Waals surface area contributed by atoms with Crippen molar-refractivity contribution in [3.8, 4) is 11.4 Å². The quantitative estimate of drug-likeness (QED) is 0.506. The number of amides is 1. The molecule has 0 spiro atoms. The van der Waals surface area contributed by atoms with Crippen LogP contribution >= 0.6 is 0 Å². The Hall–Kier alpha value is -3.65. The van der Waals surface area contributed by atoms with Crippen molar-refractivity contribution in [2.24, 2.45) is 0 Å². The van der Waals surface area contributed by atoms with Crippen LogP contribution in [0.25, 0.3) is 16.6 Å². The molecule has 3 N–H and O–H groups in total. The van der Waals surface area contributed by atoms with Crippen molar-refractivity contribution in [3.63, 3.8) is 0 Å². The number of hydrogen-bond donors (Lipinski definition) is 3. The molecule has 8 nitrogen and oxygen atoms in total. The van der Waals surface area contributed by atoms with Crippen molar-refractivity contribution in [1.29, 1.82) is 0 Å². The van der Waals surface area contributed by atoms with E-state index in [4.69, 9.17) is 4.74 Å². The predicted molar refractivity (Wildman–Crippen MR) is 100.0 cm³/mol. The Kier molecular flexibility index (Phi) is 4.31. The molecule has 2 heterocycles. The zero-order valence-corrected chi connectivity index (χ0v) is 14.5. The molecule has 0 radical (unpaired) electrons. The van der Waals surface area contributed by atoms with Gasteiger partial charge in [-0.15, -0.1) is 0 Å². The number of phenols is 1. The van der Waals surface area contributed by atoms with E-state index < -0.39 is 0 Å². The molecule has 1 amide bonds. The average Bonchev–Trinajstić information content (AvgIpc) is 3.27. The lowest BCUT2D eigenvalue weighted by molar-refractivity contribution is 0.102. The van der Waals surface area contributed by atoms with Crippen LogP contribution in [0, 0.1) is 0 Å². The number of carbonyl (C=O) groups is 1. The first-order chi connectivity index (χ1) is 13.2. The molecule has 27 heavy (non-hydrogen) atoms. The Morgan fingerprint density at radius 2 is 2.07 bits per heavy atom. The van der Waals surface area contributed by atoms with Gasteiger partial charge in [0, 0.05) is 18.6 Å². The van der Waals surface area contributed by atoms with Crippen LogP contribution in [0.3, 0.4) is 0 Å². The second kappa shape index (κ2) is 6.93. The number of benzene rings is 2. The lowest BCUT2D eigenvalue weighted by Gasteiger charge is -2.09. The van der Waals surface area contributed by atoms with Crippen LogP contribution in [-0.2, 0) is 11.3 Å². The maximum atomic E-state index is 12.8. The van der Waals surface area contributed by atoms with Crippen LogP contribution in [0.4, 0.5) is 5.82 Å². The van der Waals surface area contributed by atoms with Gasteiger partial charge in [0.05, 0.1) is 35.3 Å². The van der Waals surface area contributed by atoms with Crippen LogP contribution in [0.1, 0.15) is 16.1 Å². The second-order valence-corrected chi connectivity index (χ2v) is 5.94. The summed E-state index contributed by atoms with van der Waals surface area (Å²) in [7, 11) is 1.57. The number of hydrogen-bond acceptors (Lipinski definition) is 5. The summed E-state index contributed by atoms with van der Waals surface area (Å²) in [4.78, 5) is 12.8. The van der Waals surface area contributed by atoms with Crippen molar-refractivity contribution in [1.82, 2.24) is 20.0 Å². The van der Waals surface area contributed by atoms with Gasteiger partial charge in [0.1, 0.15) is 5.75 Å². The SMILES string of the molecule is COCc1c(C(=O)Nc2n[nH]c3cc(O)ccc23)cnn1-c1ccccc1. The summed E-state index contributed by atoms with van der Waals surface area (Å²) >= 11 is 0. The highest BCUT2D eigenvalue weighted by Gasteiger charge is 2.20. The van der Waals surface area contributed by atoms with Gasteiger partial charge in [-0.3, -0.25) is 9.89 Å². The minimum absolute atomic E-state index is 0.121. The summed E-state index contributed by atoms with van der Waals surface area (Å²) in [5, 5.41) is 24.3. The fourth-order valence-electron chi connectivity index (χ4n) is 2.91. The van der Waals surface area contributed by atoms with Crippen LogP contribution in [0.15, 0.2) is 54.7 Å². The van der Waals surface area contributed by atoms with Gasteiger partial charge in [0.15, 0.2) is 5.82 Å². The van der Waals surface area contributed by atoms with E-state index in [1.165, 1.54) is 12.3 Å². The lowest BCUT2D eigenvalue weighted by atomic mass is 10.2. The van der Waals surface area contributed by atoms with Crippen molar-refractivity contribution in [2.75, 3.05) is 12.4 Å². The highest BCUT2D eigenvalue weighted by molar-refractivity contribution is 6.08. The molecule has 0 unspecified atom stereocenters. The van der Waals surface area contributed by atoms with E-state index in [0.717, 1.165) is 5.69 Å². The van der Waals surface area contributed by atoms with E-state index in [0.29, 0.717) is 28.0 Å². The van der Waals surface area contributed by atoms with Gasteiger partial charge in [0.2, 0.25) is 0 Å². The zero-order valence-electron chi connectivity index (χ0n) is 14.5. The normalized spacial score (nSPS) is 11.0. The maximum absolute atomic E-state index is 12.8. The van der Waals surface area contributed by atoms with Gasteiger partial charge in [-0.25, -0.2) is 4.68 Å². The van der Waals surface area contributed by atoms with Gasteiger partial charge in [0.25, 0.3) is 5.91 Å². The van der Waals surface area contributed by atoms with Crippen molar-refractivity contribution in [3.05, 3.63) is 66.0 Å². The maximum Gasteiger partial charge on any atom is 0.260 e. The zero-order chi connectivity index (χ0) is 18.8. The van der Waals surface area contributed by atoms with E-state index in [1.54, 1.807) is 23.9 Å². The number of nitrogens with one attached hydrogen (secondary N) is 2. The van der Waals surface area contributed by atoms with Crippen LogP contribution < -0.4 is 5.32 Å². The third-order valence-corrected chi connectivity index (χ3v) is 4.17. The fourth-order valence-corrected chi connectivity index (χ4v) is 2.91. The number of aromatic nitrogens is 4. The first-order valence-electron chi connectivity index (χ1n) is 8.27. The number of methoxy groups -OCH3 is 1. The molecule has 136 valence electrons. The lowest BCUT2D eigenvalue weighted by Crippen LogP contribution is -2.15. The molecule has 0 aliphatic heterocycles. The minimum Gasteiger partial charge on any atom is -0.508 e. The molecule has 2 aromatic carbocycles. The molecule has 4 rings (SSSR count). The van der Waals surface area contributed by atoms with Gasteiger partial charge >= 0.3 is 0 Å². The monoisotopic (exact) mass is 363 g/mol. The Balaban J connectivity index is 1.68. The van der Waals surface area contributed by atoms with Crippen molar-refractivity contribution in [2.45, 2.75) is 6.61 Å². The van der Waals surface area contributed by atoms with Crippen LogP contribution in [0.5, 0.6) is 5.75 Å². The summed E-state index contributed by atoms with van der Waals surface area (Å²) in [6.45, 7) is 0.229. The molecule has 0 aliphatic rings. The van der Waals surface area contributed by atoms with E-state index in [9.17, 15) is 9.90 Å². The topological polar surface area (TPSA) is 105 Å². The molecular formula is C19H17N5O3. The molecule has 4 aromatic rings. The highest BCUT2D eigenvalue weighted by Crippen LogP contribution is 2.25. The molecule has 0 saturated carbocycles. The molecule has 0 bridgehead atoms. The highest BCUT2D eigenvalue weighted by atomic mass is 16.5. The van der Waals surface area contributed by atoms with Gasteiger partial charge in [-0.1, -0.05) is 18.2 Å². The van der Waals surface area contributed by atoms with E-state index in [1.807, 2.05) is 30.3 Å². The number of carbonyl (C=O) groups excluding carboxylic acids is 1. The summed E-state index contributed by atoms with van der Waals surface area (Å²) in [6, 6.07) is 14.3. The third kappa shape index (κ3) is 3.13. The van der Waals surface area contributed by atoms with Gasteiger partial charge in [-0.05, 0) is 24.3 Å². The Morgan fingerprint density at radius 1 is 1.26 bits per heavy atom. The third-order valence-electron chi connectivity index (χ3n) is 4.17. The number of rotatable bonds is 5. The second-order valence-electron chi connectivity index (χ2n) is 5.94. The molecule has 0 saturated heterocycles. The molecule has 8 heteroatoms. The Labute approximate surface area is 154 Å². The van der Waals surface area contributed by atoms with Gasteiger partial charge in [-0.2, -0.15) is 10.2 Å². The van der Waals surface area contributed by atoms with Crippen molar-refractivity contribution >= 4 is 22.6 Å². The predicted octanol–water partition coefficient (Wildman–Crippen LogP) is 2.85. The number of phenolic OH excluding ortho intramolecular Hbond substituents is 1. The molecule has 2 aromatic heterocycles. The smallest absolute Gasteiger partial charge is 0.260 e.